The second kappa shape index (κ2) is 7.11. The van der Waals surface area contributed by atoms with Crippen LogP contribution in [-0.2, 0) is 0 Å². The van der Waals surface area contributed by atoms with Crippen LogP contribution in [0.4, 0.5) is 0 Å². The molecule has 2 nitrogen and oxygen atoms in total. The fourth-order valence-electron chi connectivity index (χ4n) is 2.20. The molecular weight excluding hydrogens is 338 g/mol. The summed E-state index contributed by atoms with van der Waals surface area (Å²) in [7, 11) is 1.68. The highest BCUT2D eigenvalue weighted by molar-refractivity contribution is 9.10. The Labute approximate surface area is 133 Å². The summed E-state index contributed by atoms with van der Waals surface area (Å²) in [5, 5.41) is 4.21. The number of benzene rings is 2. The van der Waals surface area contributed by atoms with Crippen molar-refractivity contribution < 1.29 is 4.74 Å². The van der Waals surface area contributed by atoms with Crippen LogP contribution in [0.1, 0.15) is 24.1 Å². The number of hydrogen-bond donors (Lipinski definition) is 1. The monoisotopic (exact) mass is 353 g/mol. The van der Waals surface area contributed by atoms with Gasteiger partial charge >= 0.3 is 0 Å². The van der Waals surface area contributed by atoms with Gasteiger partial charge in [0, 0.05) is 9.50 Å². The third-order valence-corrected chi connectivity index (χ3v) is 3.73. The summed E-state index contributed by atoms with van der Waals surface area (Å²) in [6.07, 6.45) is 0. The molecule has 0 aliphatic rings. The molecule has 2 aromatic carbocycles. The zero-order valence-corrected chi connectivity index (χ0v) is 13.8. The summed E-state index contributed by atoms with van der Waals surface area (Å²) in [6.45, 7) is 2.96. The Bertz CT molecular complexity index is 568. The number of rotatable bonds is 5. The molecule has 0 spiro atoms. The normalized spacial score (nSPS) is 12.2. The van der Waals surface area contributed by atoms with Gasteiger partial charge in [-0.05, 0) is 48.0 Å². The summed E-state index contributed by atoms with van der Waals surface area (Å²) in [6, 6.07) is 14.1. The fourth-order valence-corrected chi connectivity index (χ4v) is 3.08. The van der Waals surface area contributed by atoms with E-state index in [0.29, 0.717) is 0 Å². The van der Waals surface area contributed by atoms with Crippen molar-refractivity contribution in [3.63, 3.8) is 0 Å². The van der Waals surface area contributed by atoms with Crippen LogP contribution in [0.5, 0.6) is 5.75 Å². The van der Waals surface area contributed by atoms with Crippen molar-refractivity contribution in [3.05, 3.63) is 63.1 Å². The zero-order chi connectivity index (χ0) is 14.5. The smallest absolute Gasteiger partial charge is 0.119 e. The average Bonchev–Trinajstić information content (AvgIpc) is 2.43. The first-order valence-electron chi connectivity index (χ1n) is 6.47. The van der Waals surface area contributed by atoms with Crippen molar-refractivity contribution >= 4 is 27.5 Å². The lowest BCUT2D eigenvalue weighted by molar-refractivity contribution is 0.413. The zero-order valence-electron chi connectivity index (χ0n) is 11.5. The van der Waals surface area contributed by atoms with Gasteiger partial charge in [0.15, 0.2) is 0 Å². The fraction of sp³-hybridized carbons (Fsp3) is 0.250. The Balaban J connectivity index is 2.43. The molecule has 1 N–H and O–H groups in total. The molecule has 2 rings (SSSR count). The van der Waals surface area contributed by atoms with Crippen molar-refractivity contribution in [1.82, 2.24) is 5.32 Å². The van der Waals surface area contributed by atoms with Gasteiger partial charge in [-0.25, -0.2) is 0 Å². The Kier molecular flexibility index (Phi) is 5.46. The first-order chi connectivity index (χ1) is 9.63. The molecule has 106 valence electrons. The topological polar surface area (TPSA) is 21.3 Å². The predicted octanol–water partition coefficient (Wildman–Crippen LogP) is 4.81. The molecule has 0 fully saturated rings. The summed E-state index contributed by atoms with van der Waals surface area (Å²) in [4.78, 5) is 0. The standard InChI is InChI=1S/C16H17BrClNO/c1-3-19-16(11-5-4-6-15(9-11)20-2)12-7-13(17)10-14(18)8-12/h4-10,16,19H,3H2,1-2H3. The summed E-state index contributed by atoms with van der Waals surface area (Å²) in [5.41, 5.74) is 2.28. The van der Waals surface area contributed by atoms with Crippen molar-refractivity contribution in [2.45, 2.75) is 13.0 Å². The van der Waals surface area contributed by atoms with Gasteiger partial charge in [0.1, 0.15) is 5.75 Å². The van der Waals surface area contributed by atoms with Gasteiger partial charge in [0.2, 0.25) is 0 Å². The quantitative estimate of drug-likeness (QED) is 0.832. The third kappa shape index (κ3) is 3.75. The maximum Gasteiger partial charge on any atom is 0.119 e. The average molecular weight is 355 g/mol. The Morgan fingerprint density at radius 3 is 2.65 bits per heavy atom. The van der Waals surface area contributed by atoms with E-state index in [2.05, 4.69) is 40.3 Å². The van der Waals surface area contributed by atoms with E-state index < -0.39 is 0 Å². The van der Waals surface area contributed by atoms with E-state index in [-0.39, 0.29) is 6.04 Å². The minimum absolute atomic E-state index is 0.0881. The molecule has 4 heteroatoms. The van der Waals surface area contributed by atoms with Crippen LogP contribution in [0.2, 0.25) is 5.02 Å². The first kappa shape index (κ1) is 15.4. The Morgan fingerprint density at radius 1 is 1.20 bits per heavy atom. The summed E-state index contributed by atoms with van der Waals surface area (Å²) in [5.74, 6) is 0.853. The molecule has 2 aromatic rings. The maximum atomic E-state index is 6.16. The van der Waals surface area contributed by atoms with Crippen LogP contribution in [0.25, 0.3) is 0 Å². The van der Waals surface area contributed by atoms with Gasteiger partial charge in [0.05, 0.1) is 13.2 Å². The summed E-state index contributed by atoms with van der Waals surface area (Å²) >= 11 is 9.65. The molecule has 1 unspecified atom stereocenters. The third-order valence-electron chi connectivity index (χ3n) is 3.05. The number of methoxy groups -OCH3 is 1. The number of hydrogen-bond acceptors (Lipinski definition) is 2. The number of halogens is 2. The van der Waals surface area contributed by atoms with E-state index >= 15 is 0 Å². The Morgan fingerprint density at radius 2 is 2.00 bits per heavy atom. The highest BCUT2D eigenvalue weighted by Gasteiger charge is 2.14. The first-order valence-corrected chi connectivity index (χ1v) is 7.64. The molecule has 0 aliphatic heterocycles. The van der Waals surface area contributed by atoms with Gasteiger partial charge < -0.3 is 10.1 Å². The molecule has 1 atom stereocenters. The second-order valence-electron chi connectivity index (χ2n) is 4.47. The van der Waals surface area contributed by atoms with Gasteiger partial charge in [-0.2, -0.15) is 0 Å². The molecule has 0 saturated carbocycles. The molecule has 0 bridgehead atoms. The minimum Gasteiger partial charge on any atom is -0.497 e. The molecule has 0 radical (unpaired) electrons. The molecule has 0 saturated heterocycles. The van der Waals surface area contributed by atoms with Crippen molar-refractivity contribution in [3.8, 4) is 5.75 Å². The van der Waals surface area contributed by atoms with Crippen LogP contribution >= 0.6 is 27.5 Å². The highest BCUT2D eigenvalue weighted by atomic mass is 79.9. The van der Waals surface area contributed by atoms with Crippen LogP contribution < -0.4 is 10.1 Å². The predicted molar refractivity (Wildman–Crippen MR) is 87.7 cm³/mol. The molecular formula is C16H17BrClNO. The Hall–Kier alpha value is -1.03. The highest BCUT2D eigenvalue weighted by Crippen LogP contribution is 2.29. The molecule has 20 heavy (non-hydrogen) atoms. The molecule has 0 amide bonds. The largest absolute Gasteiger partial charge is 0.497 e. The second-order valence-corrected chi connectivity index (χ2v) is 5.82. The van der Waals surface area contributed by atoms with Crippen LogP contribution in [-0.4, -0.2) is 13.7 Å². The minimum atomic E-state index is 0.0881. The van der Waals surface area contributed by atoms with Crippen LogP contribution in [0.15, 0.2) is 46.9 Å². The van der Waals surface area contributed by atoms with Crippen molar-refractivity contribution in [2.75, 3.05) is 13.7 Å². The van der Waals surface area contributed by atoms with Gasteiger partial charge in [-0.1, -0.05) is 46.6 Å². The SMILES string of the molecule is CCNC(c1cc(Cl)cc(Br)c1)c1cccc(OC)c1. The lowest BCUT2D eigenvalue weighted by atomic mass is 9.98. The summed E-state index contributed by atoms with van der Waals surface area (Å²) < 4.78 is 6.28. The molecule has 0 aromatic heterocycles. The van der Waals surface area contributed by atoms with E-state index in [9.17, 15) is 0 Å². The molecule has 0 aliphatic carbocycles. The van der Waals surface area contributed by atoms with E-state index in [1.54, 1.807) is 7.11 Å². The van der Waals surface area contributed by atoms with Gasteiger partial charge in [-0.15, -0.1) is 0 Å². The maximum absolute atomic E-state index is 6.16. The van der Waals surface area contributed by atoms with Crippen molar-refractivity contribution in [2.24, 2.45) is 0 Å². The van der Waals surface area contributed by atoms with E-state index in [1.807, 2.05) is 30.3 Å². The number of nitrogens with one attached hydrogen (secondary N) is 1. The van der Waals surface area contributed by atoms with E-state index in [1.165, 1.54) is 0 Å². The number of ether oxygens (including phenoxy) is 1. The van der Waals surface area contributed by atoms with Crippen LogP contribution in [0, 0.1) is 0 Å². The lowest BCUT2D eigenvalue weighted by Gasteiger charge is -2.20. The lowest BCUT2D eigenvalue weighted by Crippen LogP contribution is -2.22. The van der Waals surface area contributed by atoms with Gasteiger partial charge in [0.25, 0.3) is 0 Å². The van der Waals surface area contributed by atoms with Crippen molar-refractivity contribution in [1.29, 1.82) is 0 Å². The van der Waals surface area contributed by atoms with Crippen LogP contribution in [0.3, 0.4) is 0 Å². The van der Waals surface area contributed by atoms with E-state index in [0.717, 1.165) is 32.9 Å². The molecule has 0 heterocycles. The van der Waals surface area contributed by atoms with Gasteiger partial charge in [-0.3, -0.25) is 0 Å². The van der Waals surface area contributed by atoms with E-state index in [4.69, 9.17) is 16.3 Å².